The lowest BCUT2D eigenvalue weighted by molar-refractivity contribution is 0.175. The number of likely N-dealkylation sites (N-methyl/N-ethyl adjacent to an activating group) is 1. The fourth-order valence-corrected chi connectivity index (χ4v) is 1.97. The molecule has 1 aliphatic heterocycles. The molecular weight excluding hydrogens is 190 g/mol. The van der Waals surface area contributed by atoms with Gasteiger partial charge in [0, 0.05) is 39.4 Å². The molecule has 0 saturated carbocycles. The minimum atomic E-state index is 0.258. The van der Waals surface area contributed by atoms with Crippen LogP contribution in [0.2, 0.25) is 0 Å². The largest absolute Gasteiger partial charge is 0.385 e. The van der Waals surface area contributed by atoms with Crippen molar-refractivity contribution in [1.29, 1.82) is 0 Å². The Labute approximate surface area is 93.4 Å². The van der Waals surface area contributed by atoms with Crippen LogP contribution >= 0.6 is 0 Å². The topological polar surface area (TPSA) is 41.7 Å². The van der Waals surface area contributed by atoms with E-state index in [2.05, 4.69) is 16.8 Å². The summed E-state index contributed by atoms with van der Waals surface area (Å²) in [5, 5.41) is 0. The van der Waals surface area contributed by atoms with Gasteiger partial charge in [-0.2, -0.15) is 0 Å². The number of hydrogen-bond donors (Lipinski definition) is 1. The van der Waals surface area contributed by atoms with E-state index in [4.69, 9.17) is 10.5 Å². The molecule has 2 N–H and O–H groups in total. The van der Waals surface area contributed by atoms with Crippen molar-refractivity contribution >= 4 is 0 Å². The Balaban J connectivity index is 2.18. The van der Waals surface area contributed by atoms with Crippen molar-refractivity contribution in [3.05, 3.63) is 0 Å². The first-order valence-corrected chi connectivity index (χ1v) is 5.88. The number of nitrogens with zero attached hydrogens (tertiary/aromatic N) is 2. The monoisotopic (exact) mass is 215 g/mol. The highest BCUT2D eigenvalue weighted by Gasteiger charge is 2.14. The van der Waals surface area contributed by atoms with Gasteiger partial charge in [-0.25, -0.2) is 0 Å². The Morgan fingerprint density at radius 1 is 1.27 bits per heavy atom. The molecule has 0 amide bonds. The van der Waals surface area contributed by atoms with Gasteiger partial charge >= 0.3 is 0 Å². The Morgan fingerprint density at radius 2 is 2.07 bits per heavy atom. The smallest absolute Gasteiger partial charge is 0.0477 e. The predicted molar refractivity (Wildman–Crippen MR) is 63.0 cm³/mol. The third-order valence-electron chi connectivity index (χ3n) is 3.00. The van der Waals surface area contributed by atoms with Crippen LogP contribution in [-0.2, 0) is 4.74 Å². The molecule has 1 saturated heterocycles. The second-order valence-electron chi connectivity index (χ2n) is 4.50. The molecule has 1 aliphatic rings. The summed E-state index contributed by atoms with van der Waals surface area (Å²) in [7, 11) is 3.92. The second-order valence-corrected chi connectivity index (χ2v) is 4.50. The molecule has 1 heterocycles. The van der Waals surface area contributed by atoms with Crippen molar-refractivity contribution in [2.75, 3.05) is 53.5 Å². The van der Waals surface area contributed by atoms with Crippen LogP contribution in [-0.4, -0.2) is 69.3 Å². The molecule has 4 heteroatoms. The molecule has 15 heavy (non-hydrogen) atoms. The zero-order chi connectivity index (χ0) is 11.1. The summed E-state index contributed by atoms with van der Waals surface area (Å²) in [5.74, 6) is 0. The van der Waals surface area contributed by atoms with Crippen LogP contribution in [0.15, 0.2) is 0 Å². The quantitative estimate of drug-likeness (QED) is 0.700. The molecule has 1 atom stereocenters. The van der Waals surface area contributed by atoms with E-state index in [0.717, 1.165) is 32.7 Å². The minimum Gasteiger partial charge on any atom is -0.385 e. The van der Waals surface area contributed by atoms with Crippen molar-refractivity contribution in [1.82, 2.24) is 9.80 Å². The number of ether oxygens (including phenoxy) is 1. The maximum Gasteiger partial charge on any atom is 0.0477 e. The van der Waals surface area contributed by atoms with Crippen molar-refractivity contribution in [2.45, 2.75) is 18.9 Å². The normalized spacial score (nSPS) is 22.6. The lowest BCUT2D eigenvalue weighted by Gasteiger charge is -2.23. The third kappa shape index (κ3) is 5.47. The molecule has 0 aromatic heterocycles. The van der Waals surface area contributed by atoms with Crippen molar-refractivity contribution < 1.29 is 4.74 Å². The standard InChI is InChI=1S/C11H25N3O/c1-13-5-3-6-14(8-7-13)10-11(12)4-9-15-2/h11H,3-10,12H2,1-2H3. The summed E-state index contributed by atoms with van der Waals surface area (Å²) < 4.78 is 5.04. The highest BCUT2D eigenvalue weighted by atomic mass is 16.5. The number of hydrogen-bond acceptors (Lipinski definition) is 4. The number of rotatable bonds is 5. The van der Waals surface area contributed by atoms with E-state index >= 15 is 0 Å². The highest BCUT2D eigenvalue weighted by Crippen LogP contribution is 2.02. The molecular formula is C11H25N3O. The SMILES string of the molecule is COCCC(N)CN1CCCN(C)CC1. The Kier molecular flexibility index (Phi) is 6.17. The first-order valence-electron chi connectivity index (χ1n) is 5.88. The first kappa shape index (κ1) is 12.9. The van der Waals surface area contributed by atoms with Gasteiger partial charge in [-0.15, -0.1) is 0 Å². The average molecular weight is 215 g/mol. The van der Waals surface area contributed by atoms with E-state index in [1.54, 1.807) is 7.11 Å². The van der Waals surface area contributed by atoms with Gasteiger partial charge in [0.1, 0.15) is 0 Å². The van der Waals surface area contributed by atoms with E-state index in [-0.39, 0.29) is 6.04 Å². The van der Waals surface area contributed by atoms with Gasteiger partial charge in [0.05, 0.1) is 0 Å². The average Bonchev–Trinajstić information content (AvgIpc) is 2.41. The maximum absolute atomic E-state index is 6.04. The summed E-state index contributed by atoms with van der Waals surface area (Å²) >= 11 is 0. The highest BCUT2D eigenvalue weighted by molar-refractivity contribution is 4.72. The minimum absolute atomic E-state index is 0.258. The predicted octanol–water partition coefficient (Wildman–Crippen LogP) is -0.0123. The zero-order valence-corrected chi connectivity index (χ0v) is 10.1. The van der Waals surface area contributed by atoms with Gasteiger partial charge in [0.2, 0.25) is 0 Å². The van der Waals surface area contributed by atoms with Gasteiger partial charge in [-0.05, 0) is 33.0 Å². The fraction of sp³-hybridized carbons (Fsp3) is 1.00. The van der Waals surface area contributed by atoms with Gasteiger partial charge in [0.25, 0.3) is 0 Å². The summed E-state index contributed by atoms with van der Waals surface area (Å²) in [4.78, 5) is 4.87. The number of methoxy groups -OCH3 is 1. The van der Waals surface area contributed by atoms with Gasteiger partial charge in [-0.3, -0.25) is 0 Å². The van der Waals surface area contributed by atoms with E-state index < -0.39 is 0 Å². The Morgan fingerprint density at radius 3 is 2.80 bits per heavy atom. The summed E-state index contributed by atoms with van der Waals surface area (Å²) in [6.07, 6.45) is 2.22. The summed E-state index contributed by atoms with van der Waals surface area (Å²) in [5.41, 5.74) is 6.04. The van der Waals surface area contributed by atoms with Crippen LogP contribution < -0.4 is 5.73 Å². The van der Waals surface area contributed by atoms with Crippen molar-refractivity contribution in [3.63, 3.8) is 0 Å². The summed E-state index contributed by atoms with van der Waals surface area (Å²) in [6, 6.07) is 0.258. The molecule has 1 fully saturated rings. The molecule has 0 radical (unpaired) electrons. The molecule has 0 spiro atoms. The molecule has 0 aromatic rings. The third-order valence-corrected chi connectivity index (χ3v) is 3.00. The van der Waals surface area contributed by atoms with E-state index in [9.17, 15) is 0 Å². The van der Waals surface area contributed by atoms with E-state index in [1.165, 1.54) is 19.5 Å². The Hall–Kier alpha value is -0.160. The van der Waals surface area contributed by atoms with Crippen LogP contribution in [0.1, 0.15) is 12.8 Å². The van der Waals surface area contributed by atoms with Crippen LogP contribution in [0, 0.1) is 0 Å². The maximum atomic E-state index is 6.04. The van der Waals surface area contributed by atoms with E-state index in [0.29, 0.717) is 0 Å². The fourth-order valence-electron chi connectivity index (χ4n) is 1.97. The molecule has 1 rings (SSSR count). The van der Waals surface area contributed by atoms with Crippen molar-refractivity contribution in [2.24, 2.45) is 5.73 Å². The molecule has 0 aliphatic carbocycles. The van der Waals surface area contributed by atoms with Crippen molar-refractivity contribution in [3.8, 4) is 0 Å². The second kappa shape index (κ2) is 7.17. The van der Waals surface area contributed by atoms with Gasteiger partial charge < -0.3 is 20.3 Å². The number of nitrogens with two attached hydrogens (primary N) is 1. The lowest BCUT2D eigenvalue weighted by Crippen LogP contribution is -2.39. The lowest BCUT2D eigenvalue weighted by atomic mass is 10.2. The molecule has 0 bridgehead atoms. The van der Waals surface area contributed by atoms with Gasteiger partial charge in [0.15, 0.2) is 0 Å². The zero-order valence-electron chi connectivity index (χ0n) is 10.1. The molecule has 1 unspecified atom stereocenters. The van der Waals surface area contributed by atoms with Crippen LogP contribution in [0.5, 0.6) is 0 Å². The van der Waals surface area contributed by atoms with Gasteiger partial charge in [-0.1, -0.05) is 0 Å². The molecule has 90 valence electrons. The van der Waals surface area contributed by atoms with Crippen LogP contribution in [0.4, 0.5) is 0 Å². The van der Waals surface area contributed by atoms with Crippen LogP contribution in [0.25, 0.3) is 0 Å². The summed E-state index contributed by atoms with van der Waals surface area (Å²) in [6.45, 7) is 6.50. The van der Waals surface area contributed by atoms with E-state index in [1.807, 2.05) is 0 Å². The Bertz CT molecular complexity index is 166. The molecule has 0 aromatic carbocycles. The molecule has 4 nitrogen and oxygen atoms in total. The first-order chi connectivity index (χ1) is 7.22. The van der Waals surface area contributed by atoms with Crippen LogP contribution in [0.3, 0.4) is 0 Å².